The lowest BCUT2D eigenvalue weighted by Crippen LogP contribution is -2.37. The highest BCUT2D eigenvalue weighted by Gasteiger charge is 2.28. The molecule has 24 heavy (non-hydrogen) atoms. The maximum absolute atomic E-state index is 12.5. The number of amides is 2. The van der Waals surface area contributed by atoms with Crippen LogP contribution in [0.3, 0.4) is 0 Å². The zero-order chi connectivity index (χ0) is 17.3. The number of likely N-dealkylation sites (tertiary alicyclic amines) is 1. The fourth-order valence-corrected chi connectivity index (χ4v) is 3.56. The van der Waals surface area contributed by atoms with Crippen molar-refractivity contribution in [3.63, 3.8) is 0 Å². The predicted molar refractivity (Wildman–Crippen MR) is 89.1 cm³/mol. The molecule has 2 amide bonds. The lowest BCUT2D eigenvalue weighted by atomic mass is 9.96. The Labute approximate surface area is 143 Å². The molecule has 0 spiro atoms. The van der Waals surface area contributed by atoms with Gasteiger partial charge in [0.15, 0.2) is 5.82 Å². The topological polar surface area (TPSA) is 102 Å². The van der Waals surface area contributed by atoms with Gasteiger partial charge in [-0.2, -0.15) is 4.98 Å². The van der Waals surface area contributed by atoms with Crippen molar-refractivity contribution in [3.05, 3.63) is 33.6 Å². The van der Waals surface area contributed by atoms with E-state index in [0.717, 1.165) is 30.0 Å². The molecule has 7 nitrogen and oxygen atoms in total. The van der Waals surface area contributed by atoms with Crippen molar-refractivity contribution in [2.45, 2.75) is 38.5 Å². The normalized spacial score (nSPS) is 15.9. The Kier molecular flexibility index (Phi) is 4.66. The summed E-state index contributed by atoms with van der Waals surface area (Å²) in [6.45, 7) is 5.30. The lowest BCUT2D eigenvalue weighted by molar-refractivity contribution is 0.0715. The largest absolute Gasteiger partial charge is 0.365 e. The van der Waals surface area contributed by atoms with Crippen molar-refractivity contribution < 1.29 is 14.1 Å². The van der Waals surface area contributed by atoms with Gasteiger partial charge in [0.05, 0.1) is 9.75 Å². The summed E-state index contributed by atoms with van der Waals surface area (Å²) in [7, 11) is 0. The van der Waals surface area contributed by atoms with Gasteiger partial charge in [0.25, 0.3) is 11.8 Å². The van der Waals surface area contributed by atoms with Crippen molar-refractivity contribution in [2.24, 2.45) is 5.73 Å². The fourth-order valence-electron chi connectivity index (χ4n) is 2.73. The van der Waals surface area contributed by atoms with Gasteiger partial charge in [-0.3, -0.25) is 9.59 Å². The van der Waals surface area contributed by atoms with Crippen LogP contribution in [-0.4, -0.2) is 39.9 Å². The van der Waals surface area contributed by atoms with Crippen molar-refractivity contribution in [1.29, 1.82) is 0 Å². The van der Waals surface area contributed by atoms with Crippen LogP contribution in [0.5, 0.6) is 0 Å². The molecule has 0 saturated carbocycles. The van der Waals surface area contributed by atoms with Crippen molar-refractivity contribution in [3.8, 4) is 0 Å². The van der Waals surface area contributed by atoms with Gasteiger partial charge in [0.2, 0.25) is 5.89 Å². The summed E-state index contributed by atoms with van der Waals surface area (Å²) >= 11 is 1.14. The van der Waals surface area contributed by atoms with Crippen LogP contribution in [0.2, 0.25) is 0 Å². The third-order valence-corrected chi connectivity index (χ3v) is 5.25. The number of carbonyl (C=O) groups excluding carboxylic acids is 2. The fraction of sp³-hybridized carbons (Fsp3) is 0.500. The number of carbonyl (C=O) groups is 2. The van der Waals surface area contributed by atoms with Crippen LogP contribution in [0, 0.1) is 0 Å². The first kappa shape index (κ1) is 16.6. The summed E-state index contributed by atoms with van der Waals surface area (Å²) in [6, 6.07) is 3.26. The number of nitrogens with two attached hydrogens (primary N) is 1. The molecule has 8 heteroatoms. The average Bonchev–Trinajstić information content (AvgIpc) is 3.24. The maximum atomic E-state index is 12.5. The second-order valence-corrected chi connectivity index (χ2v) is 7.32. The van der Waals surface area contributed by atoms with Gasteiger partial charge in [0, 0.05) is 24.9 Å². The van der Waals surface area contributed by atoms with Crippen LogP contribution in [0.25, 0.3) is 0 Å². The number of nitrogens with zero attached hydrogens (tertiary/aromatic N) is 3. The molecule has 2 N–H and O–H groups in total. The molecule has 1 fully saturated rings. The van der Waals surface area contributed by atoms with E-state index in [4.69, 9.17) is 10.3 Å². The molecule has 1 saturated heterocycles. The SMILES string of the molecule is CC(C)c1nc(C2CCN(C(=O)c3ccc(C(N)=O)s3)CC2)no1. The number of primary amides is 1. The molecule has 0 radical (unpaired) electrons. The number of piperidine rings is 1. The third kappa shape index (κ3) is 3.33. The van der Waals surface area contributed by atoms with Crippen LogP contribution in [0.15, 0.2) is 16.7 Å². The van der Waals surface area contributed by atoms with Crippen molar-refractivity contribution >= 4 is 23.2 Å². The van der Waals surface area contributed by atoms with Gasteiger partial charge in [-0.1, -0.05) is 19.0 Å². The Hall–Kier alpha value is -2.22. The van der Waals surface area contributed by atoms with E-state index >= 15 is 0 Å². The van der Waals surface area contributed by atoms with Crippen LogP contribution >= 0.6 is 11.3 Å². The number of rotatable bonds is 4. The Morgan fingerprint density at radius 2 is 1.96 bits per heavy atom. The molecule has 0 bridgehead atoms. The van der Waals surface area contributed by atoms with E-state index in [0.29, 0.717) is 28.7 Å². The van der Waals surface area contributed by atoms with E-state index in [9.17, 15) is 9.59 Å². The van der Waals surface area contributed by atoms with Crippen LogP contribution in [0.1, 0.15) is 69.6 Å². The first-order valence-corrected chi connectivity index (χ1v) is 8.79. The number of aromatic nitrogens is 2. The first-order chi connectivity index (χ1) is 11.5. The molecule has 0 aliphatic carbocycles. The minimum atomic E-state index is -0.504. The highest BCUT2D eigenvalue weighted by molar-refractivity contribution is 7.15. The van der Waals surface area contributed by atoms with Crippen LogP contribution in [-0.2, 0) is 0 Å². The molecule has 3 rings (SSSR count). The molecule has 3 heterocycles. The smallest absolute Gasteiger partial charge is 0.263 e. The van der Waals surface area contributed by atoms with Crippen LogP contribution in [0.4, 0.5) is 0 Å². The molecule has 2 aromatic heterocycles. The molecule has 0 atom stereocenters. The summed E-state index contributed by atoms with van der Waals surface area (Å²) in [5, 5.41) is 4.07. The number of thiophene rings is 1. The Balaban J connectivity index is 1.61. The highest BCUT2D eigenvalue weighted by atomic mass is 32.1. The average molecular weight is 348 g/mol. The minimum absolute atomic E-state index is 0.0538. The second-order valence-electron chi connectivity index (χ2n) is 6.24. The monoisotopic (exact) mass is 348 g/mol. The van der Waals surface area contributed by atoms with E-state index in [2.05, 4.69) is 10.1 Å². The molecule has 1 aliphatic heterocycles. The Bertz CT molecular complexity index is 744. The van der Waals surface area contributed by atoms with Crippen molar-refractivity contribution in [1.82, 2.24) is 15.0 Å². The minimum Gasteiger partial charge on any atom is -0.365 e. The van der Waals surface area contributed by atoms with Gasteiger partial charge in [-0.25, -0.2) is 0 Å². The molecule has 0 unspecified atom stereocenters. The zero-order valence-corrected chi connectivity index (χ0v) is 14.5. The zero-order valence-electron chi connectivity index (χ0n) is 13.7. The van der Waals surface area contributed by atoms with E-state index in [1.807, 2.05) is 13.8 Å². The van der Waals surface area contributed by atoms with Gasteiger partial charge in [-0.05, 0) is 25.0 Å². The number of hydrogen-bond donors (Lipinski definition) is 1. The summed E-state index contributed by atoms with van der Waals surface area (Å²) < 4.78 is 5.26. The number of hydrogen-bond acceptors (Lipinski definition) is 6. The standard InChI is InChI=1S/C16H20N4O3S/c1-9(2)15-18-14(19-23-15)10-5-7-20(8-6-10)16(22)12-4-3-11(24-12)13(17)21/h3-4,9-10H,5-8H2,1-2H3,(H2,17,21). The van der Waals surface area contributed by atoms with Gasteiger partial charge < -0.3 is 15.2 Å². The molecule has 0 aromatic carbocycles. The van der Waals surface area contributed by atoms with E-state index in [1.165, 1.54) is 0 Å². The van der Waals surface area contributed by atoms with E-state index in [-0.39, 0.29) is 17.7 Å². The van der Waals surface area contributed by atoms with E-state index in [1.54, 1.807) is 17.0 Å². The Morgan fingerprint density at radius 1 is 1.29 bits per heavy atom. The molecular formula is C16H20N4O3S. The van der Waals surface area contributed by atoms with Crippen molar-refractivity contribution in [2.75, 3.05) is 13.1 Å². The maximum Gasteiger partial charge on any atom is 0.263 e. The third-order valence-electron chi connectivity index (χ3n) is 4.16. The van der Waals surface area contributed by atoms with E-state index < -0.39 is 5.91 Å². The van der Waals surface area contributed by atoms with Gasteiger partial charge in [0.1, 0.15) is 0 Å². The summed E-state index contributed by atoms with van der Waals surface area (Å²) in [5.74, 6) is 1.26. The summed E-state index contributed by atoms with van der Waals surface area (Å²) in [4.78, 5) is 30.9. The highest BCUT2D eigenvalue weighted by Crippen LogP contribution is 2.28. The molecule has 128 valence electrons. The van der Waals surface area contributed by atoms with Gasteiger partial charge in [-0.15, -0.1) is 11.3 Å². The van der Waals surface area contributed by atoms with Crippen LogP contribution < -0.4 is 5.73 Å². The lowest BCUT2D eigenvalue weighted by Gasteiger charge is -2.30. The molecule has 1 aliphatic rings. The summed E-state index contributed by atoms with van der Waals surface area (Å²) in [6.07, 6.45) is 1.60. The predicted octanol–water partition coefficient (Wildman–Crippen LogP) is 2.37. The quantitative estimate of drug-likeness (QED) is 0.914. The molecule has 2 aromatic rings. The summed E-state index contributed by atoms with van der Waals surface area (Å²) in [5.41, 5.74) is 5.24. The van der Waals surface area contributed by atoms with Gasteiger partial charge >= 0.3 is 0 Å². The first-order valence-electron chi connectivity index (χ1n) is 7.98. The Morgan fingerprint density at radius 3 is 2.50 bits per heavy atom. The molecular weight excluding hydrogens is 328 g/mol. The second kappa shape index (κ2) is 6.72.